The zero-order valence-electron chi connectivity index (χ0n) is 20.9. The summed E-state index contributed by atoms with van der Waals surface area (Å²) in [6.07, 6.45) is 9.38. The molecule has 0 aromatic heterocycles. The number of hydrogen-bond donors (Lipinski definition) is 0. The second-order valence-electron chi connectivity index (χ2n) is 8.99. The van der Waals surface area contributed by atoms with E-state index in [1.807, 2.05) is 6.07 Å². The fourth-order valence-corrected chi connectivity index (χ4v) is 4.43. The van der Waals surface area contributed by atoms with Crippen molar-refractivity contribution in [3.05, 3.63) is 144 Å². The molecule has 1 atom stereocenters. The third-order valence-corrected chi connectivity index (χ3v) is 6.54. The Morgan fingerprint density at radius 1 is 0.794 bits per heavy atom. The predicted molar refractivity (Wildman–Crippen MR) is 151 cm³/mol. The van der Waals surface area contributed by atoms with Gasteiger partial charge in [0, 0.05) is 5.92 Å². The van der Waals surface area contributed by atoms with E-state index < -0.39 is 0 Å². The van der Waals surface area contributed by atoms with Crippen molar-refractivity contribution in [2.75, 3.05) is 0 Å². The minimum atomic E-state index is 0.107. The van der Waals surface area contributed by atoms with Gasteiger partial charge >= 0.3 is 0 Å². The summed E-state index contributed by atoms with van der Waals surface area (Å²) in [6.45, 7) is 17.7. The van der Waals surface area contributed by atoms with Crippen molar-refractivity contribution < 1.29 is 0 Å². The van der Waals surface area contributed by atoms with Crippen molar-refractivity contribution in [3.63, 3.8) is 0 Å². The van der Waals surface area contributed by atoms with Crippen molar-refractivity contribution in [1.29, 1.82) is 0 Å². The maximum atomic E-state index is 4.50. The SMILES string of the molecule is C=C(CC=Cc1cc(CC)ccc1CC)CCC(=C)C(C(=C)c1ccccc1)c1ccccc1. The van der Waals surface area contributed by atoms with E-state index in [-0.39, 0.29) is 5.92 Å². The molecule has 0 N–H and O–H groups in total. The average Bonchev–Trinajstić information content (AvgIpc) is 2.88. The number of hydrogen-bond acceptors (Lipinski definition) is 0. The largest absolute Gasteiger partial charge is 0.0995 e. The van der Waals surface area contributed by atoms with Crippen LogP contribution in [0.3, 0.4) is 0 Å². The Morgan fingerprint density at radius 2 is 1.47 bits per heavy atom. The summed E-state index contributed by atoms with van der Waals surface area (Å²) in [7, 11) is 0. The van der Waals surface area contributed by atoms with Crippen LogP contribution in [0.4, 0.5) is 0 Å². The van der Waals surface area contributed by atoms with Crippen molar-refractivity contribution in [3.8, 4) is 0 Å². The molecule has 0 nitrogen and oxygen atoms in total. The van der Waals surface area contributed by atoms with Gasteiger partial charge in [-0.3, -0.25) is 0 Å². The van der Waals surface area contributed by atoms with E-state index in [1.54, 1.807) is 0 Å². The Labute approximate surface area is 207 Å². The molecule has 0 saturated heterocycles. The van der Waals surface area contributed by atoms with Gasteiger partial charge in [-0.1, -0.05) is 136 Å². The molecule has 0 bridgehead atoms. The van der Waals surface area contributed by atoms with Gasteiger partial charge in [0.15, 0.2) is 0 Å². The highest BCUT2D eigenvalue weighted by atomic mass is 14.2. The zero-order valence-corrected chi connectivity index (χ0v) is 20.9. The molecule has 174 valence electrons. The molecule has 3 rings (SSSR count). The highest BCUT2D eigenvalue weighted by molar-refractivity contribution is 5.72. The lowest BCUT2D eigenvalue weighted by molar-refractivity contribution is 0.841. The molecule has 34 heavy (non-hydrogen) atoms. The lowest BCUT2D eigenvalue weighted by Gasteiger charge is -2.23. The second kappa shape index (κ2) is 12.8. The van der Waals surface area contributed by atoms with Crippen LogP contribution in [0, 0.1) is 0 Å². The number of aryl methyl sites for hydroxylation is 2. The van der Waals surface area contributed by atoms with Gasteiger partial charge in [0.1, 0.15) is 0 Å². The first-order valence-electron chi connectivity index (χ1n) is 12.4. The average molecular weight is 447 g/mol. The smallest absolute Gasteiger partial charge is 0.0296 e. The molecular weight excluding hydrogens is 408 g/mol. The van der Waals surface area contributed by atoms with Crippen molar-refractivity contribution in [1.82, 2.24) is 0 Å². The quantitative estimate of drug-likeness (QED) is 0.243. The van der Waals surface area contributed by atoms with E-state index in [2.05, 4.69) is 119 Å². The normalized spacial score (nSPS) is 11.9. The monoisotopic (exact) mass is 446 g/mol. The van der Waals surface area contributed by atoms with Gasteiger partial charge in [0.25, 0.3) is 0 Å². The van der Waals surface area contributed by atoms with Gasteiger partial charge in [0.2, 0.25) is 0 Å². The molecule has 0 aliphatic heterocycles. The number of rotatable bonds is 12. The van der Waals surface area contributed by atoms with E-state index in [9.17, 15) is 0 Å². The molecule has 0 saturated carbocycles. The van der Waals surface area contributed by atoms with Gasteiger partial charge in [-0.15, -0.1) is 0 Å². The van der Waals surface area contributed by atoms with E-state index in [1.165, 1.54) is 39.0 Å². The standard InChI is InChI=1S/C34H38/c1-6-29-23-24-30(7-2)33(25-29)20-14-15-26(3)21-22-27(4)34(32-18-12-9-13-19-32)28(5)31-16-10-8-11-17-31/h8-14,16-20,23-25,34H,3-7,15,21-22H2,1-2H3. The molecule has 0 amide bonds. The van der Waals surface area contributed by atoms with Crippen LogP contribution in [0.25, 0.3) is 11.6 Å². The first-order chi connectivity index (χ1) is 16.5. The minimum Gasteiger partial charge on any atom is -0.0995 e. The summed E-state index contributed by atoms with van der Waals surface area (Å²) >= 11 is 0. The van der Waals surface area contributed by atoms with Crippen LogP contribution < -0.4 is 0 Å². The van der Waals surface area contributed by atoms with Crippen LogP contribution in [0.15, 0.2) is 116 Å². The molecule has 0 fully saturated rings. The van der Waals surface area contributed by atoms with E-state index in [4.69, 9.17) is 0 Å². The first-order valence-corrected chi connectivity index (χ1v) is 12.4. The number of benzene rings is 3. The molecule has 3 aromatic rings. The van der Waals surface area contributed by atoms with Crippen LogP contribution in [0.5, 0.6) is 0 Å². The summed E-state index contributed by atoms with van der Waals surface area (Å²) in [5.74, 6) is 0.107. The molecular formula is C34H38. The highest BCUT2D eigenvalue weighted by Crippen LogP contribution is 2.38. The van der Waals surface area contributed by atoms with Crippen LogP contribution in [-0.4, -0.2) is 0 Å². The third-order valence-electron chi connectivity index (χ3n) is 6.54. The minimum absolute atomic E-state index is 0.107. The van der Waals surface area contributed by atoms with E-state index >= 15 is 0 Å². The molecule has 0 spiro atoms. The van der Waals surface area contributed by atoms with Crippen LogP contribution in [-0.2, 0) is 12.8 Å². The van der Waals surface area contributed by atoms with Crippen LogP contribution in [0.1, 0.15) is 66.8 Å². The highest BCUT2D eigenvalue weighted by Gasteiger charge is 2.19. The molecule has 0 heteroatoms. The lowest BCUT2D eigenvalue weighted by Crippen LogP contribution is -2.05. The fourth-order valence-electron chi connectivity index (χ4n) is 4.43. The van der Waals surface area contributed by atoms with Crippen molar-refractivity contribution in [2.24, 2.45) is 0 Å². The Morgan fingerprint density at radius 3 is 2.12 bits per heavy atom. The summed E-state index contributed by atoms with van der Waals surface area (Å²) in [4.78, 5) is 0. The molecule has 1 unspecified atom stereocenters. The van der Waals surface area contributed by atoms with E-state index in [0.717, 1.165) is 37.7 Å². The summed E-state index contributed by atoms with van der Waals surface area (Å²) in [5.41, 5.74) is 10.1. The Hall–Kier alpha value is -3.38. The molecule has 0 aliphatic carbocycles. The predicted octanol–water partition coefficient (Wildman–Crippen LogP) is 9.60. The van der Waals surface area contributed by atoms with Gasteiger partial charge in [-0.05, 0) is 65.5 Å². The zero-order chi connectivity index (χ0) is 24.3. The number of allylic oxidation sites excluding steroid dienone is 4. The molecule has 0 radical (unpaired) electrons. The van der Waals surface area contributed by atoms with Gasteiger partial charge in [-0.2, -0.15) is 0 Å². The van der Waals surface area contributed by atoms with Crippen molar-refractivity contribution >= 4 is 11.6 Å². The Kier molecular flexibility index (Phi) is 9.47. The van der Waals surface area contributed by atoms with Gasteiger partial charge in [-0.25, -0.2) is 0 Å². The Bertz CT molecular complexity index is 1130. The molecule has 3 aromatic carbocycles. The van der Waals surface area contributed by atoms with E-state index in [0.29, 0.717) is 0 Å². The fraction of sp³-hybridized carbons (Fsp3) is 0.235. The van der Waals surface area contributed by atoms with Gasteiger partial charge in [0.05, 0.1) is 0 Å². The van der Waals surface area contributed by atoms with Crippen molar-refractivity contribution in [2.45, 2.75) is 51.9 Å². The molecule has 0 heterocycles. The third kappa shape index (κ3) is 6.81. The second-order valence-corrected chi connectivity index (χ2v) is 8.99. The maximum Gasteiger partial charge on any atom is 0.0296 e. The lowest BCUT2D eigenvalue weighted by atomic mass is 9.81. The van der Waals surface area contributed by atoms with Gasteiger partial charge < -0.3 is 0 Å². The van der Waals surface area contributed by atoms with Crippen LogP contribution >= 0.6 is 0 Å². The Balaban J connectivity index is 1.65. The topological polar surface area (TPSA) is 0 Å². The van der Waals surface area contributed by atoms with Crippen LogP contribution in [0.2, 0.25) is 0 Å². The first kappa shape index (κ1) is 25.2. The summed E-state index contributed by atoms with van der Waals surface area (Å²) < 4.78 is 0. The summed E-state index contributed by atoms with van der Waals surface area (Å²) in [6, 6.07) is 27.9. The maximum absolute atomic E-state index is 4.50. The molecule has 0 aliphatic rings. The summed E-state index contributed by atoms with van der Waals surface area (Å²) in [5, 5.41) is 0.